The molecule has 0 aliphatic heterocycles. The van der Waals surface area contributed by atoms with Gasteiger partial charge in [0.25, 0.3) is 0 Å². The quantitative estimate of drug-likeness (QED) is 0.747. The normalized spacial score (nSPS) is 11.5. The smallest absolute Gasteiger partial charge is 0.179 e. The van der Waals surface area contributed by atoms with Crippen LogP contribution in [0.5, 0.6) is 0 Å². The van der Waals surface area contributed by atoms with E-state index in [1.54, 1.807) is 7.05 Å². The molecule has 0 spiro atoms. The van der Waals surface area contributed by atoms with Gasteiger partial charge >= 0.3 is 0 Å². The summed E-state index contributed by atoms with van der Waals surface area (Å²) in [6, 6.07) is 3.01. The average molecular weight is 200 g/mol. The van der Waals surface area contributed by atoms with E-state index in [4.69, 9.17) is 0 Å². The lowest BCUT2D eigenvalue weighted by Gasteiger charge is -2.02. The maximum atomic E-state index is 11.5. The van der Waals surface area contributed by atoms with Gasteiger partial charge in [0.2, 0.25) is 0 Å². The molecular formula is C8H12N2O2S. The minimum atomic E-state index is -3.12. The van der Waals surface area contributed by atoms with Gasteiger partial charge in [-0.3, -0.25) is 4.98 Å². The lowest BCUT2D eigenvalue weighted by molar-refractivity contribution is 0.593. The van der Waals surface area contributed by atoms with Gasteiger partial charge in [0.1, 0.15) is 0 Å². The number of aromatic nitrogens is 1. The van der Waals surface area contributed by atoms with Gasteiger partial charge in [-0.05, 0) is 19.2 Å². The summed E-state index contributed by atoms with van der Waals surface area (Å²) in [7, 11) is -1.40. The zero-order valence-electron chi connectivity index (χ0n) is 7.40. The van der Waals surface area contributed by atoms with Gasteiger partial charge in [-0.25, -0.2) is 8.42 Å². The van der Waals surface area contributed by atoms with Crippen LogP contribution in [0.4, 0.5) is 0 Å². The van der Waals surface area contributed by atoms with E-state index in [-0.39, 0.29) is 5.75 Å². The van der Waals surface area contributed by atoms with E-state index in [0.29, 0.717) is 11.4 Å². The molecule has 1 rings (SSSR count). The maximum Gasteiger partial charge on any atom is 0.179 e. The van der Waals surface area contributed by atoms with Gasteiger partial charge in [-0.1, -0.05) is 0 Å². The number of rotatable bonds is 4. The molecule has 0 saturated heterocycles. The molecule has 0 saturated carbocycles. The van der Waals surface area contributed by atoms with Crippen LogP contribution >= 0.6 is 0 Å². The Balaban J connectivity index is 2.83. The minimum absolute atomic E-state index is 0.119. The molecule has 0 unspecified atom stereocenters. The van der Waals surface area contributed by atoms with Crippen LogP contribution in [-0.4, -0.2) is 32.7 Å². The van der Waals surface area contributed by atoms with Crippen molar-refractivity contribution in [2.45, 2.75) is 4.90 Å². The van der Waals surface area contributed by atoms with Crippen molar-refractivity contribution in [2.24, 2.45) is 0 Å². The summed E-state index contributed by atoms with van der Waals surface area (Å²) in [4.78, 5) is 4.09. The van der Waals surface area contributed by atoms with Gasteiger partial charge in [-0.15, -0.1) is 0 Å². The zero-order chi connectivity index (χ0) is 9.73. The Bertz CT molecular complexity index is 348. The molecule has 0 aromatic carbocycles. The standard InChI is InChI=1S/C8H12N2O2S/c1-9-6-7-13(11,12)8-2-4-10-5-3-8/h2-5,9H,6-7H2,1H3. The molecule has 1 aromatic rings. The van der Waals surface area contributed by atoms with E-state index in [2.05, 4.69) is 10.3 Å². The predicted octanol–water partition coefficient (Wildman–Crippen LogP) is 0.0747. The molecule has 0 aliphatic carbocycles. The number of sulfone groups is 1. The van der Waals surface area contributed by atoms with E-state index in [0.717, 1.165) is 0 Å². The van der Waals surface area contributed by atoms with E-state index in [1.165, 1.54) is 24.5 Å². The van der Waals surface area contributed by atoms with Crippen LogP contribution in [0.15, 0.2) is 29.4 Å². The summed E-state index contributed by atoms with van der Waals surface area (Å²) in [5.41, 5.74) is 0. The summed E-state index contributed by atoms with van der Waals surface area (Å²) < 4.78 is 23.0. The Morgan fingerprint density at radius 1 is 1.38 bits per heavy atom. The third-order valence-electron chi connectivity index (χ3n) is 1.63. The van der Waals surface area contributed by atoms with Crippen LogP contribution in [0, 0.1) is 0 Å². The first kappa shape index (κ1) is 10.1. The second-order valence-electron chi connectivity index (χ2n) is 2.61. The average Bonchev–Trinajstić information content (AvgIpc) is 2.16. The molecule has 0 amide bonds. The Morgan fingerprint density at radius 2 is 2.00 bits per heavy atom. The van der Waals surface area contributed by atoms with E-state index >= 15 is 0 Å². The SMILES string of the molecule is CNCCS(=O)(=O)c1ccncc1. The Kier molecular flexibility index (Phi) is 3.39. The first-order chi connectivity index (χ1) is 6.17. The molecule has 1 aromatic heterocycles. The molecule has 0 fully saturated rings. The van der Waals surface area contributed by atoms with Crippen LogP contribution in [0.1, 0.15) is 0 Å². The molecule has 4 nitrogen and oxygen atoms in total. The fourth-order valence-electron chi connectivity index (χ4n) is 0.900. The van der Waals surface area contributed by atoms with Crippen LogP contribution in [0.3, 0.4) is 0 Å². The number of pyridine rings is 1. The number of hydrogen-bond acceptors (Lipinski definition) is 4. The third-order valence-corrected chi connectivity index (χ3v) is 3.36. The highest BCUT2D eigenvalue weighted by Crippen LogP contribution is 2.07. The summed E-state index contributed by atoms with van der Waals surface area (Å²) >= 11 is 0. The van der Waals surface area contributed by atoms with Crippen molar-refractivity contribution in [1.29, 1.82) is 0 Å². The molecular weight excluding hydrogens is 188 g/mol. The Labute approximate surface area is 77.9 Å². The van der Waals surface area contributed by atoms with Gasteiger partial charge < -0.3 is 5.32 Å². The predicted molar refractivity (Wildman–Crippen MR) is 50.2 cm³/mol. The van der Waals surface area contributed by atoms with Crippen molar-refractivity contribution in [1.82, 2.24) is 10.3 Å². The third kappa shape index (κ3) is 2.78. The molecule has 1 N–H and O–H groups in total. The number of nitrogens with one attached hydrogen (secondary N) is 1. The van der Waals surface area contributed by atoms with Gasteiger partial charge in [0.05, 0.1) is 10.6 Å². The van der Waals surface area contributed by atoms with Crippen LogP contribution < -0.4 is 5.32 Å². The highest BCUT2D eigenvalue weighted by Gasteiger charge is 2.12. The largest absolute Gasteiger partial charge is 0.319 e. The number of nitrogens with zero attached hydrogens (tertiary/aromatic N) is 1. The fraction of sp³-hybridized carbons (Fsp3) is 0.375. The van der Waals surface area contributed by atoms with E-state index < -0.39 is 9.84 Å². The Hall–Kier alpha value is -0.940. The molecule has 0 atom stereocenters. The molecule has 5 heteroatoms. The molecule has 0 aliphatic rings. The van der Waals surface area contributed by atoms with Gasteiger partial charge in [-0.2, -0.15) is 0 Å². The highest BCUT2D eigenvalue weighted by molar-refractivity contribution is 7.91. The van der Waals surface area contributed by atoms with Crippen LogP contribution in [-0.2, 0) is 9.84 Å². The first-order valence-electron chi connectivity index (χ1n) is 3.94. The molecule has 13 heavy (non-hydrogen) atoms. The lowest BCUT2D eigenvalue weighted by atomic mass is 10.5. The summed E-state index contributed by atoms with van der Waals surface area (Å²) in [5.74, 6) is 0.119. The number of hydrogen-bond donors (Lipinski definition) is 1. The minimum Gasteiger partial charge on any atom is -0.319 e. The second-order valence-corrected chi connectivity index (χ2v) is 4.71. The topological polar surface area (TPSA) is 59.1 Å². The Morgan fingerprint density at radius 3 is 2.54 bits per heavy atom. The van der Waals surface area contributed by atoms with E-state index in [1.807, 2.05) is 0 Å². The van der Waals surface area contributed by atoms with Gasteiger partial charge in [0.15, 0.2) is 9.84 Å². The van der Waals surface area contributed by atoms with Crippen molar-refractivity contribution >= 4 is 9.84 Å². The molecule has 1 heterocycles. The first-order valence-corrected chi connectivity index (χ1v) is 5.59. The fourth-order valence-corrected chi connectivity index (χ4v) is 2.14. The van der Waals surface area contributed by atoms with Crippen LogP contribution in [0.2, 0.25) is 0 Å². The van der Waals surface area contributed by atoms with Crippen LogP contribution in [0.25, 0.3) is 0 Å². The summed E-state index contributed by atoms with van der Waals surface area (Å²) in [6.07, 6.45) is 2.96. The monoisotopic (exact) mass is 200 g/mol. The molecule has 0 bridgehead atoms. The van der Waals surface area contributed by atoms with E-state index in [9.17, 15) is 8.42 Å². The van der Waals surface area contributed by atoms with Crippen molar-refractivity contribution in [3.63, 3.8) is 0 Å². The summed E-state index contributed by atoms with van der Waals surface area (Å²) in [5, 5.41) is 2.80. The second kappa shape index (κ2) is 4.34. The van der Waals surface area contributed by atoms with Crippen molar-refractivity contribution in [3.05, 3.63) is 24.5 Å². The molecule has 72 valence electrons. The van der Waals surface area contributed by atoms with Gasteiger partial charge in [0, 0.05) is 18.9 Å². The highest BCUT2D eigenvalue weighted by atomic mass is 32.2. The van der Waals surface area contributed by atoms with Crippen molar-refractivity contribution in [3.8, 4) is 0 Å². The maximum absolute atomic E-state index is 11.5. The molecule has 0 radical (unpaired) electrons. The lowest BCUT2D eigenvalue weighted by Crippen LogP contribution is -2.19. The van der Waals surface area contributed by atoms with Crippen molar-refractivity contribution in [2.75, 3.05) is 19.3 Å². The van der Waals surface area contributed by atoms with Crippen molar-refractivity contribution < 1.29 is 8.42 Å². The summed E-state index contributed by atoms with van der Waals surface area (Å²) in [6.45, 7) is 0.463. The zero-order valence-corrected chi connectivity index (χ0v) is 8.21.